The predicted molar refractivity (Wildman–Crippen MR) is 78.1 cm³/mol. The summed E-state index contributed by atoms with van der Waals surface area (Å²) < 4.78 is 5.40. The van der Waals surface area contributed by atoms with E-state index < -0.39 is 11.4 Å². The molecule has 0 unspecified atom stereocenters. The first-order chi connectivity index (χ1) is 10.1. The molecule has 1 aromatic carbocycles. The Morgan fingerprint density at radius 1 is 1.24 bits per heavy atom. The number of aliphatic carboxylic acids is 1. The van der Waals surface area contributed by atoms with Crippen molar-refractivity contribution in [2.24, 2.45) is 0 Å². The Bertz CT molecular complexity index is 494. The number of carboxylic acid groups (broad SMARTS) is 1. The Morgan fingerprint density at radius 2 is 1.86 bits per heavy atom. The van der Waals surface area contributed by atoms with Gasteiger partial charge in [-0.15, -0.1) is 0 Å². The Hall–Kier alpha value is -1.88. The first-order valence-corrected chi connectivity index (χ1v) is 7.24. The van der Waals surface area contributed by atoms with Crippen molar-refractivity contribution in [2.45, 2.75) is 25.2 Å². The molecule has 1 aromatic rings. The van der Waals surface area contributed by atoms with E-state index in [1.54, 1.807) is 6.92 Å². The van der Waals surface area contributed by atoms with Crippen molar-refractivity contribution in [3.63, 3.8) is 0 Å². The molecular weight excluding hydrogens is 270 g/mol. The topological polar surface area (TPSA) is 66.8 Å². The lowest BCUT2D eigenvalue weighted by Crippen LogP contribution is -2.51. The number of hydrogen-bond donors (Lipinski definition) is 1. The van der Waals surface area contributed by atoms with Gasteiger partial charge in [0.05, 0.1) is 5.41 Å². The number of rotatable bonds is 5. The van der Waals surface area contributed by atoms with Crippen molar-refractivity contribution in [1.29, 1.82) is 0 Å². The van der Waals surface area contributed by atoms with Crippen LogP contribution in [-0.4, -0.2) is 48.2 Å². The third kappa shape index (κ3) is 3.24. The number of ether oxygens (including phenoxy) is 1. The first-order valence-electron chi connectivity index (χ1n) is 7.24. The average molecular weight is 291 g/mol. The van der Waals surface area contributed by atoms with Gasteiger partial charge in [0.2, 0.25) is 5.91 Å². The van der Waals surface area contributed by atoms with E-state index >= 15 is 0 Å². The van der Waals surface area contributed by atoms with Gasteiger partial charge in [-0.25, -0.2) is 0 Å². The zero-order valence-electron chi connectivity index (χ0n) is 12.2. The largest absolute Gasteiger partial charge is 0.480 e. The van der Waals surface area contributed by atoms with E-state index in [-0.39, 0.29) is 12.5 Å². The molecular formula is C16H21NO4. The maximum atomic E-state index is 13.0. The molecule has 1 aliphatic rings. The second-order valence-corrected chi connectivity index (χ2v) is 5.27. The van der Waals surface area contributed by atoms with Crippen LogP contribution < -0.4 is 0 Å². The quantitative estimate of drug-likeness (QED) is 0.896. The fourth-order valence-electron chi connectivity index (χ4n) is 2.90. The summed E-state index contributed by atoms with van der Waals surface area (Å²) in [5, 5.41) is 9.00. The molecule has 1 heterocycles. The Morgan fingerprint density at radius 3 is 2.38 bits per heavy atom. The molecule has 114 valence electrons. The molecule has 1 aliphatic heterocycles. The van der Waals surface area contributed by atoms with Gasteiger partial charge in [0.15, 0.2) is 0 Å². The van der Waals surface area contributed by atoms with Crippen molar-refractivity contribution in [2.75, 3.05) is 26.3 Å². The lowest BCUT2D eigenvalue weighted by atomic mass is 9.73. The van der Waals surface area contributed by atoms with Gasteiger partial charge in [-0.2, -0.15) is 0 Å². The van der Waals surface area contributed by atoms with Crippen molar-refractivity contribution in [1.82, 2.24) is 4.90 Å². The number of carbonyl (C=O) groups excluding carboxylic acids is 1. The molecule has 0 spiro atoms. The van der Waals surface area contributed by atoms with Crippen LogP contribution in [0.1, 0.15) is 25.3 Å². The van der Waals surface area contributed by atoms with Crippen LogP contribution in [-0.2, 0) is 19.7 Å². The molecule has 1 fully saturated rings. The van der Waals surface area contributed by atoms with Crippen LogP contribution >= 0.6 is 0 Å². The smallest absolute Gasteiger partial charge is 0.323 e. The van der Waals surface area contributed by atoms with Gasteiger partial charge >= 0.3 is 5.97 Å². The van der Waals surface area contributed by atoms with Crippen LogP contribution in [0.25, 0.3) is 0 Å². The van der Waals surface area contributed by atoms with E-state index in [2.05, 4.69) is 0 Å². The van der Waals surface area contributed by atoms with Crippen LogP contribution in [0.4, 0.5) is 0 Å². The highest BCUT2D eigenvalue weighted by Crippen LogP contribution is 2.36. The summed E-state index contributed by atoms with van der Waals surface area (Å²) in [6, 6.07) is 9.62. The van der Waals surface area contributed by atoms with Crippen molar-refractivity contribution < 1.29 is 19.4 Å². The number of nitrogens with zero attached hydrogens (tertiary/aromatic N) is 1. The monoisotopic (exact) mass is 291 g/mol. The lowest BCUT2D eigenvalue weighted by Gasteiger charge is -2.39. The molecule has 1 N–H and O–H groups in total. The van der Waals surface area contributed by atoms with Crippen molar-refractivity contribution >= 4 is 11.9 Å². The van der Waals surface area contributed by atoms with Crippen LogP contribution in [0.3, 0.4) is 0 Å². The minimum atomic E-state index is -0.986. The van der Waals surface area contributed by atoms with E-state index in [4.69, 9.17) is 9.84 Å². The summed E-state index contributed by atoms with van der Waals surface area (Å²) in [5.41, 5.74) is 0.285. The molecule has 1 amide bonds. The zero-order valence-corrected chi connectivity index (χ0v) is 12.2. The fourth-order valence-corrected chi connectivity index (χ4v) is 2.90. The fraction of sp³-hybridized carbons (Fsp3) is 0.500. The number of amides is 1. The maximum Gasteiger partial charge on any atom is 0.323 e. The second kappa shape index (κ2) is 6.72. The van der Waals surface area contributed by atoms with Gasteiger partial charge in [0.25, 0.3) is 0 Å². The van der Waals surface area contributed by atoms with Gasteiger partial charge in [-0.05, 0) is 25.3 Å². The first kappa shape index (κ1) is 15.5. The molecule has 0 atom stereocenters. The minimum Gasteiger partial charge on any atom is -0.480 e. The van der Waals surface area contributed by atoms with Gasteiger partial charge in [-0.3, -0.25) is 9.59 Å². The van der Waals surface area contributed by atoms with Crippen molar-refractivity contribution in [3.8, 4) is 0 Å². The van der Waals surface area contributed by atoms with Gasteiger partial charge in [-0.1, -0.05) is 30.3 Å². The third-order valence-electron chi connectivity index (χ3n) is 4.08. The number of benzene rings is 1. The summed E-state index contributed by atoms with van der Waals surface area (Å²) >= 11 is 0. The van der Waals surface area contributed by atoms with Crippen LogP contribution in [0.5, 0.6) is 0 Å². The lowest BCUT2D eigenvalue weighted by molar-refractivity contribution is -0.149. The standard InChI is InChI=1S/C16H21NO4/c1-2-17(12-14(18)19)15(20)16(8-10-21-11-9-16)13-6-4-3-5-7-13/h3-7H,2,8-12H2,1H3,(H,18,19). The van der Waals surface area contributed by atoms with Crippen LogP contribution in [0, 0.1) is 0 Å². The number of likely N-dealkylation sites (N-methyl/N-ethyl adjacent to an activating group) is 1. The highest BCUT2D eigenvalue weighted by Gasteiger charge is 2.43. The Balaban J connectivity index is 2.35. The highest BCUT2D eigenvalue weighted by molar-refractivity contribution is 5.90. The van der Waals surface area contributed by atoms with Gasteiger partial charge in [0.1, 0.15) is 6.54 Å². The van der Waals surface area contributed by atoms with Crippen molar-refractivity contribution in [3.05, 3.63) is 35.9 Å². The van der Waals surface area contributed by atoms with Gasteiger partial charge < -0.3 is 14.7 Å². The Labute approximate surface area is 124 Å². The van der Waals surface area contributed by atoms with Crippen LogP contribution in [0.15, 0.2) is 30.3 Å². The molecule has 0 aliphatic carbocycles. The summed E-state index contributed by atoms with van der Waals surface area (Å²) in [6.45, 7) is 2.97. The summed E-state index contributed by atoms with van der Waals surface area (Å²) in [5.74, 6) is -1.10. The highest BCUT2D eigenvalue weighted by atomic mass is 16.5. The van der Waals surface area contributed by atoms with E-state index in [0.29, 0.717) is 32.6 Å². The number of hydrogen-bond acceptors (Lipinski definition) is 3. The number of carboxylic acids is 1. The summed E-state index contributed by atoms with van der Waals surface area (Å²) in [6.07, 6.45) is 1.18. The zero-order chi connectivity index (χ0) is 15.3. The molecule has 2 rings (SSSR count). The molecule has 1 saturated heterocycles. The number of carbonyl (C=O) groups is 2. The summed E-state index contributed by atoms with van der Waals surface area (Å²) in [4.78, 5) is 25.4. The van der Waals surface area contributed by atoms with E-state index in [1.165, 1.54) is 4.90 Å². The second-order valence-electron chi connectivity index (χ2n) is 5.27. The maximum absolute atomic E-state index is 13.0. The molecule has 0 bridgehead atoms. The molecule has 5 heteroatoms. The molecule has 5 nitrogen and oxygen atoms in total. The average Bonchev–Trinajstić information content (AvgIpc) is 2.53. The molecule has 0 saturated carbocycles. The molecule has 0 radical (unpaired) electrons. The van der Waals surface area contributed by atoms with E-state index in [1.807, 2.05) is 30.3 Å². The SMILES string of the molecule is CCN(CC(=O)O)C(=O)C1(c2ccccc2)CCOCC1. The van der Waals surface area contributed by atoms with Crippen LogP contribution in [0.2, 0.25) is 0 Å². The minimum absolute atomic E-state index is 0.109. The normalized spacial score (nSPS) is 17.2. The summed E-state index contributed by atoms with van der Waals surface area (Å²) in [7, 11) is 0. The van der Waals surface area contributed by atoms with E-state index in [0.717, 1.165) is 5.56 Å². The van der Waals surface area contributed by atoms with E-state index in [9.17, 15) is 9.59 Å². The third-order valence-corrected chi connectivity index (χ3v) is 4.08. The van der Waals surface area contributed by atoms with Gasteiger partial charge in [0, 0.05) is 19.8 Å². The molecule has 21 heavy (non-hydrogen) atoms. The Kier molecular flexibility index (Phi) is 4.96. The molecule has 0 aromatic heterocycles. The predicted octanol–water partition coefficient (Wildman–Crippen LogP) is 1.67.